The number of ether oxygens (including phenoxy) is 1. The molecule has 42 heavy (non-hydrogen) atoms. The molecule has 0 spiro atoms. The van der Waals surface area contributed by atoms with Crippen molar-refractivity contribution in [3.05, 3.63) is 83.7 Å². The van der Waals surface area contributed by atoms with Crippen LogP contribution in [0.5, 0.6) is 0 Å². The van der Waals surface area contributed by atoms with Gasteiger partial charge in [-0.05, 0) is 84.6 Å². The molecule has 0 saturated carbocycles. The number of carboxylic acids is 1. The number of carboxylic acid groups (broad SMARTS) is 1. The average molecular weight is 581 g/mol. The van der Waals surface area contributed by atoms with Crippen LogP contribution in [0.3, 0.4) is 0 Å². The topological polar surface area (TPSA) is 85.3 Å². The highest BCUT2D eigenvalue weighted by molar-refractivity contribution is 5.94. The standard InChI is InChI=1S/C21H25NO4.C8H16N2.C3H9N.C2H2/c1-3-22(4-2)21(25)18-11-8-17(9-12-18)14-16-6-5-7-19(13-10-16)26-15-20(23)24;1-3-5-10-6-4-9-8(2)7-10;1-4(2)3;1-2/h5,7-13H,3-4,6,14-15H2,1-2H3,(H,23,24);3,8-9H,1,4-7H2,2H3;1-3H3;1-2H. The van der Waals surface area contributed by atoms with Gasteiger partial charge in [-0.25, -0.2) is 4.79 Å². The Hall–Kier alpha value is -3.64. The second-order valence-corrected chi connectivity index (χ2v) is 10.3. The van der Waals surface area contributed by atoms with Crippen molar-refractivity contribution >= 4 is 11.9 Å². The van der Waals surface area contributed by atoms with E-state index in [0.29, 0.717) is 30.5 Å². The second-order valence-electron chi connectivity index (χ2n) is 10.3. The minimum Gasteiger partial charge on any atom is -0.482 e. The summed E-state index contributed by atoms with van der Waals surface area (Å²) in [6, 6.07) is 8.37. The highest BCUT2D eigenvalue weighted by atomic mass is 16.5. The van der Waals surface area contributed by atoms with Crippen LogP contribution in [0.1, 0.15) is 43.1 Å². The summed E-state index contributed by atoms with van der Waals surface area (Å²) in [7, 11) is 6.00. The van der Waals surface area contributed by atoms with Crippen LogP contribution in [0.4, 0.5) is 0 Å². The van der Waals surface area contributed by atoms with Gasteiger partial charge in [-0.3, -0.25) is 9.69 Å². The number of carbonyl (C=O) groups is 2. The van der Waals surface area contributed by atoms with Gasteiger partial charge in [0.2, 0.25) is 0 Å². The van der Waals surface area contributed by atoms with Crippen LogP contribution in [0, 0.1) is 12.8 Å². The molecule has 1 saturated heterocycles. The molecule has 1 atom stereocenters. The Kier molecular flexibility index (Phi) is 21.0. The molecule has 1 fully saturated rings. The van der Waals surface area contributed by atoms with Gasteiger partial charge in [-0.2, -0.15) is 0 Å². The van der Waals surface area contributed by atoms with Crippen LogP contribution in [0.25, 0.3) is 0 Å². The third kappa shape index (κ3) is 17.2. The molecule has 2 N–H and O–H groups in total. The summed E-state index contributed by atoms with van der Waals surface area (Å²) in [4.78, 5) is 29.1. The van der Waals surface area contributed by atoms with Crippen LogP contribution in [0.15, 0.2) is 72.6 Å². The maximum absolute atomic E-state index is 12.3. The monoisotopic (exact) mass is 580 g/mol. The quantitative estimate of drug-likeness (QED) is 0.312. The second kappa shape index (κ2) is 23.0. The minimum atomic E-state index is -0.993. The molecule has 1 unspecified atom stereocenters. The summed E-state index contributed by atoms with van der Waals surface area (Å²) in [5.74, 6) is -0.393. The van der Waals surface area contributed by atoms with E-state index in [1.165, 1.54) is 5.57 Å². The van der Waals surface area contributed by atoms with E-state index in [0.717, 1.165) is 44.6 Å². The van der Waals surface area contributed by atoms with Gasteiger partial charge in [0, 0.05) is 50.9 Å². The molecule has 1 amide bonds. The van der Waals surface area contributed by atoms with Gasteiger partial charge in [-0.1, -0.05) is 35.9 Å². The lowest BCUT2D eigenvalue weighted by atomic mass is 10.0. The molecule has 1 heterocycles. The lowest BCUT2D eigenvalue weighted by Crippen LogP contribution is -2.49. The van der Waals surface area contributed by atoms with Crippen molar-refractivity contribution in [1.82, 2.24) is 20.0 Å². The molecule has 8 heteroatoms. The fraction of sp³-hybridized carbons (Fsp3) is 0.471. The van der Waals surface area contributed by atoms with E-state index in [1.807, 2.05) is 82.4 Å². The summed E-state index contributed by atoms with van der Waals surface area (Å²) < 4.78 is 5.20. The number of allylic oxidation sites excluding steroid dienone is 5. The van der Waals surface area contributed by atoms with Gasteiger partial charge in [0.1, 0.15) is 5.76 Å². The van der Waals surface area contributed by atoms with Gasteiger partial charge in [0.25, 0.3) is 5.91 Å². The molecule has 0 bridgehead atoms. The number of nitrogens with zero attached hydrogens (tertiary/aromatic N) is 3. The first-order valence-corrected chi connectivity index (χ1v) is 14.4. The third-order valence-corrected chi connectivity index (χ3v) is 6.03. The maximum atomic E-state index is 12.3. The van der Waals surface area contributed by atoms with E-state index in [2.05, 4.69) is 36.6 Å². The van der Waals surface area contributed by atoms with Crippen molar-refractivity contribution in [1.29, 1.82) is 0 Å². The first-order valence-electron chi connectivity index (χ1n) is 14.4. The van der Waals surface area contributed by atoms with E-state index >= 15 is 0 Å². The minimum absolute atomic E-state index is 0.0568. The largest absolute Gasteiger partial charge is 0.482 e. The molecule has 1 aliphatic heterocycles. The Bertz CT molecular complexity index is 1030. The number of carbonyl (C=O) groups excluding carboxylic acids is 1. The summed E-state index contributed by atoms with van der Waals surface area (Å²) >= 11 is 0. The average Bonchev–Trinajstić information content (AvgIpc) is 3.19. The Morgan fingerprint density at radius 1 is 1.14 bits per heavy atom. The van der Waals surface area contributed by atoms with Crippen LogP contribution < -0.4 is 5.32 Å². The molecule has 8 nitrogen and oxygen atoms in total. The molecule has 2 aliphatic rings. The summed E-state index contributed by atoms with van der Waals surface area (Å²) in [6.45, 7) is 15.4. The molecular weight excluding hydrogens is 528 g/mol. The van der Waals surface area contributed by atoms with Crippen molar-refractivity contribution in [3.63, 3.8) is 0 Å². The Labute approximate surface area is 254 Å². The molecule has 0 radical (unpaired) electrons. The normalized spacial score (nSPS) is 16.0. The first-order chi connectivity index (χ1) is 20.1. The SMILES string of the molecule is C#C.C=CCN1CCNC(C)C1.CCN(CC)C(=O)c1ccc(CC2=CC=C(OCC(=O)O)C=CC2)cc1.CN(C)C. The Morgan fingerprint density at radius 3 is 2.29 bits per heavy atom. The predicted octanol–water partition coefficient (Wildman–Crippen LogP) is 4.48. The maximum Gasteiger partial charge on any atom is 0.341 e. The number of nitrogens with one attached hydrogen (secondary N) is 1. The fourth-order valence-electron chi connectivity index (χ4n) is 4.10. The van der Waals surface area contributed by atoms with E-state index in [-0.39, 0.29) is 12.5 Å². The van der Waals surface area contributed by atoms with Gasteiger partial charge in [0.15, 0.2) is 6.61 Å². The molecular formula is C34H52N4O4. The number of hydrogen-bond acceptors (Lipinski definition) is 6. The van der Waals surface area contributed by atoms with Crippen molar-refractivity contribution in [2.75, 3.05) is 67.0 Å². The zero-order valence-corrected chi connectivity index (χ0v) is 26.5. The molecule has 3 rings (SSSR count). The number of hydrogen-bond donors (Lipinski definition) is 2. The van der Waals surface area contributed by atoms with E-state index < -0.39 is 5.97 Å². The number of piperazine rings is 1. The van der Waals surface area contributed by atoms with E-state index in [4.69, 9.17) is 9.84 Å². The molecule has 1 aromatic rings. The van der Waals surface area contributed by atoms with Gasteiger partial charge < -0.3 is 25.0 Å². The number of aliphatic carboxylic acids is 1. The number of terminal acetylenes is 1. The predicted molar refractivity (Wildman–Crippen MR) is 175 cm³/mol. The van der Waals surface area contributed by atoms with Crippen molar-refractivity contribution in [3.8, 4) is 12.8 Å². The molecule has 1 aliphatic carbocycles. The van der Waals surface area contributed by atoms with Gasteiger partial charge >= 0.3 is 5.97 Å². The Morgan fingerprint density at radius 2 is 1.76 bits per heavy atom. The molecule has 1 aromatic carbocycles. The summed E-state index contributed by atoms with van der Waals surface area (Å²) in [5.41, 5.74) is 3.03. The third-order valence-electron chi connectivity index (χ3n) is 6.03. The van der Waals surface area contributed by atoms with Crippen molar-refractivity contribution in [2.24, 2.45) is 0 Å². The van der Waals surface area contributed by atoms with Crippen LogP contribution in [-0.4, -0.2) is 105 Å². The van der Waals surface area contributed by atoms with E-state index in [9.17, 15) is 9.59 Å². The summed E-state index contributed by atoms with van der Waals surface area (Å²) in [6.07, 6.45) is 19.0. The summed E-state index contributed by atoms with van der Waals surface area (Å²) in [5, 5.41) is 12.1. The smallest absolute Gasteiger partial charge is 0.341 e. The highest BCUT2D eigenvalue weighted by Gasteiger charge is 2.13. The molecule has 0 aromatic heterocycles. The number of rotatable bonds is 10. The van der Waals surface area contributed by atoms with Crippen molar-refractivity contribution < 1.29 is 19.4 Å². The van der Waals surface area contributed by atoms with Gasteiger partial charge in [-0.15, -0.1) is 19.4 Å². The lowest BCUT2D eigenvalue weighted by molar-refractivity contribution is -0.140. The van der Waals surface area contributed by atoms with Crippen LogP contribution in [0.2, 0.25) is 0 Å². The zero-order chi connectivity index (χ0) is 31.9. The fourth-order valence-corrected chi connectivity index (χ4v) is 4.10. The zero-order valence-electron chi connectivity index (χ0n) is 26.5. The van der Waals surface area contributed by atoms with E-state index in [1.54, 1.807) is 17.1 Å². The first kappa shape index (κ1) is 38.4. The number of benzene rings is 1. The Balaban J connectivity index is 0.000000863. The van der Waals surface area contributed by atoms with Crippen LogP contribution in [-0.2, 0) is 16.0 Å². The van der Waals surface area contributed by atoms with Crippen LogP contribution >= 0.6 is 0 Å². The highest BCUT2D eigenvalue weighted by Crippen LogP contribution is 2.18. The number of amides is 1. The van der Waals surface area contributed by atoms with Gasteiger partial charge in [0.05, 0.1) is 0 Å². The molecule has 232 valence electrons. The van der Waals surface area contributed by atoms with Crippen molar-refractivity contribution in [2.45, 2.75) is 39.7 Å². The lowest BCUT2D eigenvalue weighted by Gasteiger charge is -2.30.